The molecule has 162 valence electrons. The lowest BCUT2D eigenvalue weighted by molar-refractivity contribution is -0.152. The molecule has 0 saturated heterocycles. The Bertz CT molecular complexity index is 1040. The Morgan fingerprint density at radius 1 is 1.10 bits per heavy atom. The molecule has 2 aliphatic heterocycles. The molecule has 1 atom stereocenters. The summed E-state index contributed by atoms with van der Waals surface area (Å²) < 4.78 is 16.5. The minimum absolute atomic E-state index is 0.168. The number of anilines is 1. The molecule has 0 saturated carbocycles. The van der Waals surface area contributed by atoms with E-state index in [9.17, 15) is 14.4 Å². The van der Waals surface area contributed by atoms with Crippen LogP contribution in [0.2, 0.25) is 0 Å². The Hall–Kier alpha value is -3.55. The molecule has 2 aromatic rings. The Balaban J connectivity index is 1.44. The van der Waals surface area contributed by atoms with E-state index in [0.29, 0.717) is 42.5 Å². The third-order valence-electron chi connectivity index (χ3n) is 5.36. The van der Waals surface area contributed by atoms with E-state index in [1.807, 2.05) is 12.1 Å². The lowest BCUT2D eigenvalue weighted by atomic mass is 9.89. The van der Waals surface area contributed by atoms with Crippen LogP contribution in [0.1, 0.15) is 29.8 Å². The molecule has 4 rings (SSSR count). The molecular formula is C23H24N2O6. The van der Waals surface area contributed by atoms with Gasteiger partial charge in [-0.15, -0.1) is 0 Å². The van der Waals surface area contributed by atoms with Crippen LogP contribution in [-0.4, -0.2) is 54.6 Å². The molecule has 0 bridgehead atoms. The van der Waals surface area contributed by atoms with Crippen LogP contribution in [0.3, 0.4) is 0 Å². The van der Waals surface area contributed by atoms with E-state index in [1.54, 1.807) is 44.2 Å². The highest BCUT2D eigenvalue weighted by atomic mass is 16.6. The molecule has 1 N–H and O–H groups in total. The summed E-state index contributed by atoms with van der Waals surface area (Å²) in [5.74, 6) is -0.114. The van der Waals surface area contributed by atoms with Gasteiger partial charge in [-0.2, -0.15) is 0 Å². The first-order chi connectivity index (χ1) is 14.9. The van der Waals surface area contributed by atoms with Crippen molar-refractivity contribution in [3.05, 3.63) is 53.6 Å². The SMILES string of the molecule is CCN(CC(=O)Nc1ccc2c(c1)OCCO2)C(=O)C1(C)Cc2ccccc2C(=O)O1. The second-order valence-corrected chi connectivity index (χ2v) is 7.68. The average Bonchev–Trinajstić information content (AvgIpc) is 2.77. The predicted octanol–water partition coefficient (Wildman–Crippen LogP) is 2.42. The van der Waals surface area contributed by atoms with Crippen molar-refractivity contribution in [2.45, 2.75) is 25.9 Å². The maximum atomic E-state index is 13.2. The number of ether oxygens (including phenoxy) is 3. The van der Waals surface area contributed by atoms with E-state index in [4.69, 9.17) is 14.2 Å². The number of hydrogen-bond acceptors (Lipinski definition) is 6. The highest BCUT2D eigenvalue weighted by molar-refractivity contribution is 5.99. The minimum atomic E-state index is -1.36. The zero-order valence-electron chi connectivity index (χ0n) is 17.5. The predicted molar refractivity (Wildman–Crippen MR) is 112 cm³/mol. The van der Waals surface area contributed by atoms with Crippen molar-refractivity contribution in [2.75, 3.05) is 31.6 Å². The van der Waals surface area contributed by atoms with Gasteiger partial charge in [-0.1, -0.05) is 18.2 Å². The van der Waals surface area contributed by atoms with Gasteiger partial charge in [0.15, 0.2) is 17.1 Å². The maximum Gasteiger partial charge on any atom is 0.339 e. The molecule has 31 heavy (non-hydrogen) atoms. The molecule has 8 nitrogen and oxygen atoms in total. The quantitative estimate of drug-likeness (QED) is 0.741. The Morgan fingerprint density at radius 3 is 2.61 bits per heavy atom. The van der Waals surface area contributed by atoms with Crippen LogP contribution in [0, 0.1) is 0 Å². The maximum absolute atomic E-state index is 13.2. The van der Waals surface area contributed by atoms with Crippen molar-refractivity contribution in [1.29, 1.82) is 0 Å². The second kappa shape index (κ2) is 8.29. The molecular weight excluding hydrogens is 400 g/mol. The number of esters is 1. The molecule has 2 amide bonds. The summed E-state index contributed by atoms with van der Waals surface area (Å²) >= 11 is 0. The fourth-order valence-electron chi connectivity index (χ4n) is 3.81. The van der Waals surface area contributed by atoms with Crippen molar-refractivity contribution in [2.24, 2.45) is 0 Å². The van der Waals surface area contributed by atoms with Gasteiger partial charge in [0.1, 0.15) is 13.2 Å². The van der Waals surface area contributed by atoms with Crippen LogP contribution >= 0.6 is 0 Å². The largest absolute Gasteiger partial charge is 0.486 e. The van der Waals surface area contributed by atoms with Gasteiger partial charge < -0.3 is 24.4 Å². The Morgan fingerprint density at radius 2 is 1.84 bits per heavy atom. The first kappa shape index (κ1) is 20.7. The number of cyclic esters (lactones) is 1. The van der Waals surface area contributed by atoms with E-state index >= 15 is 0 Å². The summed E-state index contributed by atoms with van der Waals surface area (Å²) in [6.07, 6.45) is 0.258. The number of fused-ring (bicyclic) bond motifs is 2. The summed E-state index contributed by atoms with van der Waals surface area (Å²) in [6.45, 7) is 4.42. The molecule has 0 fully saturated rings. The van der Waals surface area contributed by atoms with Crippen molar-refractivity contribution < 1.29 is 28.6 Å². The first-order valence-corrected chi connectivity index (χ1v) is 10.2. The van der Waals surface area contributed by atoms with Crippen molar-refractivity contribution in [3.63, 3.8) is 0 Å². The second-order valence-electron chi connectivity index (χ2n) is 7.68. The monoisotopic (exact) mass is 424 g/mol. The number of rotatable bonds is 5. The first-order valence-electron chi connectivity index (χ1n) is 10.2. The molecule has 0 radical (unpaired) electrons. The summed E-state index contributed by atoms with van der Waals surface area (Å²) in [6, 6.07) is 12.2. The van der Waals surface area contributed by atoms with Crippen LogP contribution in [0.5, 0.6) is 11.5 Å². The number of carbonyl (C=O) groups is 3. The standard InChI is InChI=1S/C23H24N2O6/c1-3-25(14-20(26)24-16-8-9-18-19(12-16)30-11-10-29-18)22(28)23(2)13-15-6-4-5-7-17(15)21(27)31-23/h4-9,12H,3,10-11,13-14H2,1-2H3,(H,24,26). The van der Waals surface area contributed by atoms with E-state index < -0.39 is 17.5 Å². The molecule has 0 spiro atoms. The fourth-order valence-corrected chi connectivity index (χ4v) is 3.81. The van der Waals surface area contributed by atoms with Gasteiger partial charge in [0.25, 0.3) is 5.91 Å². The molecule has 0 aliphatic carbocycles. The van der Waals surface area contributed by atoms with E-state index in [-0.39, 0.29) is 18.9 Å². The van der Waals surface area contributed by atoms with E-state index in [1.165, 1.54) is 4.90 Å². The minimum Gasteiger partial charge on any atom is -0.486 e. The molecule has 2 aliphatic rings. The van der Waals surface area contributed by atoms with Crippen molar-refractivity contribution in [1.82, 2.24) is 4.90 Å². The van der Waals surface area contributed by atoms with Gasteiger partial charge in [-0.25, -0.2) is 4.79 Å². The molecule has 2 heterocycles. The van der Waals surface area contributed by atoms with E-state index in [0.717, 1.165) is 5.56 Å². The molecule has 2 aromatic carbocycles. The van der Waals surface area contributed by atoms with Gasteiger partial charge in [-0.3, -0.25) is 9.59 Å². The molecule has 8 heteroatoms. The number of nitrogens with zero attached hydrogens (tertiary/aromatic N) is 1. The van der Waals surface area contributed by atoms with Gasteiger partial charge >= 0.3 is 5.97 Å². The summed E-state index contributed by atoms with van der Waals surface area (Å²) in [5.41, 5.74) is 0.402. The number of hydrogen-bond donors (Lipinski definition) is 1. The zero-order valence-corrected chi connectivity index (χ0v) is 17.5. The highest BCUT2D eigenvalue weighted by Crippen LogP contribution is 2.33. The van der Waals surface area contributed by atoms with Crippen molar-refractivity contribution >= 4 is 23.5 Å². The van der Waals surface area contributed by atoms with Crippen LogP contribution in [0.15, 0.2) is 42.5 Å². The highest BCUT2D eigenvalue weighted by Gasteiger charge is 2.44. The summed E-state index contributed by atoms with van der Waals surface area (Å²) in [5, 5.41) is 2.78. The topological polar surface area (TPSA) is 94.2 Å². The summed E-state index contributed by atoms with van der Waals surface area (Å²) in [7, 11) is 0. The molecule has 1 unspecified atom stereocenters. The lowest BCUT2D eigenvalue weighted by Gasteiger charge is -2.36. The van der Waals surface area contributed by atoms with Gasteiger partial charge in [0, 0.05) is 24.7 Å². The van der Waals surface area contributed by atoms with Crippen LogP contribution in [-0.2, 0) is 20.7 Å². The van der Waals surface area contributed by atoms with Gasteiger partial charge in [-0.05, 0) is 37.6 Å². The number of amides is 2. The number of carbonyl (C=O) groups excluding carboxylic acids is 3. The normalized spacial score (nSPS) is 19.1. The van der Waals surface area contributed by atoms with Gasteiger partial charge in [0.2, 0.25) is 5.91 Å². The van der Waals surface area contributed by atoms with Crippen LogP contribution in [0.25, 0.3) is 0 Å². The van der Waals surface area contributed by atoms with Crippen LogP contribution in [0.4, 0.5) is 5.69 Å². The number of benzene rings is 2. The summed E-state index contributed by atoms with van der Waals surface area (Å²) in [4.78, 5) is 39.6. The van der Waals surface area contributed by atoms with Crippen molar-refractivity contribution in [3.8, 4) is 11.5 Å². The third kappa shape index (κ3) is 4.19. The molecule has 0 aromatic heterocycles. The smallest absolute Gasteiger partial charge is 0.339 e. The van der Waals surface area contributed by atoms with E-state index in [2.05, 4.69) is 5.32 Å². The average molecular weight is 424 g/mol. The third-order valence-corrected chi connectivity index (χ3v) is 5.36. The van der Waals surface area contributed by atoms with Gasteiger partial charge in [0.05, 0.1) is 12.1 Å². The number of likely N-dealkylation sites (N-methyl/N-ethyl adjacent to an activating group) is 1. The Labute approximate surface area is 180 Å². The zero-order chi connectivity index (χ0) is 22.0. The number of nitrogens with one attached hydrogen (secondary N) is 1. The lowest BCUT2D eigenvalue weighted by Crippen LogP contribution is -2.54. The van der Waals surface area contributed by atoms with Crippen LogP contribution < -0.4 is 14.8 Å². The Kier molecular flexibility index (Phi) is 5.54. The fraction of sp³-hybridized carbons (Fsp3) is 0.348.